The molecule has 2 aromatic carbocycles. The summed E-state index contributed by atoms with van der Waals surface area (Å²) < 4.78 is 49.2. The molecule has 0 spiro atoms. The molecule has 4 atom stereocenters. The zero-order chi connectivity index (χ0) is 22.7. The highest BCUT2D eigenvalue weighted by Gasteiger charge is 2.37. The van der Waals surface area contributed by atoms with Crippen molar-refractivity contribution in [2.45, 2.75) is 89.9 Å². The van der Waals surface area contributed by atoms with Crippen LogP contribution in [0.2, 0.25) is 0 Å². The van der Waals surface area contributed by atoms with Crippen LogP contribution < -0.4 is 4.74 Å². The van der Waals surface area contributed by atoms with Gasteiger partial charge in [-0.15, -0.1) is 0 Å². The summed E-state index contributed by atoms with van der Waals surface area (Å²) in [4.78, 5) is 0. The van der Waals surface area contributed by atoms with Gasteiger partial charge in [0, 0.05) is 0 Å². The van der Waals surface area contributed by atoms with E-state index in [2.05, 4.69) is 6.92 Å². The van der Waals surface area contributed by atoms with Crippen LogP contribution in [0.5, 0.6) is 5.75 Å². The standard InChI is InChI=1S/C28H37F3O/c1-3-4-5-6-7-8-18-9-10-20-16-21(12-11-19(20)15-18)23-14-13-22-17-24(32-2)27(30)28(31)25(22)26(23)29/h13-14,17-21H,3-12,15-16H2,1-2H3. The third-order valence-corrected chi connectivity index (χ3v) is 8.22. The lowest BCUT2D eigenvalue weighted by Gasteiger charge is -2.42. The second-order valence-electron chi connectivity index (χ2n) is 10.2. The zero-order valence-electron chi connectivity index (χ0n) is 19.6. The summed E-state index contributed by atoms with van der Waals surface area (Å²) in [6.07, 6.45) is 15.0. The Balaban J connectivity index is 1.42. The van der Waals surface area contributed by atoms with Crippen molar-refractivity contribution in [1.82, 2.24) is 0 Å². The van der Waals surface area contributed by atoms with Crippen molar-refractivity contribution in [2.24, 2.45) is 17.8 Å². The number of halogens is 3. The highest BCUT2D eigenvalue weighted by molar-refractivity contribution is 5.86. The average molecular weight is 447 g/mol. The van der Waals surface area contributed by atoms with Crippen LogP contribution in [0.25, 0.3) is 10.8 Å². The van der Waals surface area contributed by atoms with E-state index in [0.29, 0.717) is 16.9 Å². The molecule has 2 fully saturated rings. The number of hydrogen-bond donors (Lipinski definition) is 0. The summed E-state index contributed by atoms with van der Waals surface area (Å²) in [6, 6.07) is 4.86. The van der Waals surface area contributed by atoms with Crippen LogP contribution in [-0.2, 0) is 0 Å². The largest absolute Gasteiger partial charge is 0.494 e. The second-order valence-corrected chi connectivity index (χ2v) is 10.2. The van der Waals surface area contributed by atoms with Crippen molar-refractivity contribution in [1.29, 1.82) is 0 Å². The predicted molar refractivity (Wildman–Crippen MR) is 125 cm³/mol. The van der Waals surface area contributed by atoms with E-state index in [-0.39, 0.29) is 17.1 Å². The van der Waals surface area contributed by atoms with Gasteiger partial charge in [0.2, 0.25) is 5.82 Å². The molecule has 176 valence electrons. The Labute approximate surface area is 190 Å². The maximum atomic E-state index is 15.4. The van der Waals surface area contributed by atoms with Gasteiger partial charge >= 0.3 is 0 Å². The number of benzene rings is 2. The summed E-state index contributed by atoms with van der Waals surface area (Å²) in [7, 11) is 1.29. The maximum absolute atomic E-state index is 15.4. The Morgan fingerprint density at radius 2 is 1.59 bits per heavy atom. The number of ether oxygens (including phenoxy) is 1. The van der Waals surface area contributed by atoms with E-state index in [1.165, 1.54) is 71.0 Å². The molecule has 0 saturated heterocycles. The minimum atomic E-state index is -1.15. The quantitative estimate of drug-likeness (QED) is 0.368. The number of rotatable bonds is 8. The highest BCUT2D eigenvalue weighted by atomic mass is 19.2. The average Bonchev–Trinajstić information content (AvgIpc) is 2.81. The SMILES string of the molecule is CCCCCCCC1CCC2CC(c3ccc4cc(OC)c(F)c(F)c4c3F)CCC2C1. The van der Waals surface area contributed by atoms with E-state index >= 15 is 4.39 Å². The Hall–Kier alpha value is -1.71. The molecule has 2 aliphatic carbocycles. The fourth-order valence-electron chi connectivity index (χ4n) is 6.40. The zero-order valence-corrected chi connectivity index (χ0v) is 19.6. The van der Waals surface area contributed by atoms with E-state index in [1.807, 2.05) is 0 Å². The van der Waals surface area contributed by atoms with Gasteiger partial charge in [0.25, 0.3) is 0 Å². The number of hydrogen-bond acceptors (Lipinski definition) is 1. The summed E-state index contributed by atoms with van der Waals surface area (Å²) in [6.45, 7) is 2.26. The van der Waals surface area contributed by atoms with Crippen molar-refractivity contribution in [2.75, 3.05) is 7.11 Å². The van der Waals surface area contributed by atoms with E-state index in [1.54, 1.807) is 12.1 Å². The van der Waals surface area contributed by atoms with Crippen LogP contribution in [0.4, 0.5) is 13.2 Å². The highest BCUT2D eigenvalue weighted by Crippen LogP contribution is 2.49. The van der Waals surface area contributed by atoms with Crippen molar-refractivity contribution < 1.29 is 17.9 Å². The van der Waals surface area contributed by atoms with Crippen LogP contribution in [0.15, 0.2) is 18.2 Å². The van der Waals surface area contributed by atoms with Gasteiger partial charge in [-0.05, 0) is 72.8 Å². The molecule has 1 nitrogen and oxygen atoms in total. The summed E-state index contributed by atoms with van der Waals surface area (Å²) in [5.74, 6) is -0.704. The first-order valence-electron chi connectivity index (χ1n) is 12.7. The Bertz CT molecular complexity index is 925. The number of methoxy groups -OCH3 is 1. The van der Waals surface area contributed by atoms with Crippen LogP contribution in [-0.4, -0.2) is 7.11 Å². The molecule has 0 aromatic heterocycles. The fourth-order valence-corrected chi connectivity index (χ4v) is 6.40. The first-order chi connectivity index (χ1) is 15.5. The molecular weight excluding hydrogens is 409 g/mol. The molecule has 0 radical (unpaired) electrons. The Kier molecular flexibility index (Phi) is 7.68. The summed E-state index contributed by atoms with van der Waals surface area (Å²) >= 11 is 0. The molecule has 0 amide bonds. The van der Waals surface area contributed by atoms with Crippen LogP contribution >= 0.6 is 0 Å². The lowest BCUT2D eigenvalue weighted by atomic mass is 9.63. The first-order valence-corrected chi connectivity index (χ1v) is 12.7. The molecule has 0 aliphatic heterocycles. The third-order valence-electron chi connectivity index (χ3n) is 8.22. The van der Waals surface area contributed by atoms with E-state index in [9.17, 15) is 8.78 Å². The summed E-state index contributed by atoms with van der Waals surface area (Å²) in [5.41, 5.74) is 0.553. The van der Waals surface area contributed by atoms with Gasteiger partial charge in [0.05, 0.1) is 12.5 Å². The van der Waals surface area contributed by atoms with E-state index < -0.39 is 17.5 Å². The molecule has 0 N–H and O–H groups in total. The topological polar surface area (TPSA) is 9.23 Å². The second kappa shape index (κ2) is 10.5. The molecule has 4 rings (SSSR count). The van der Waals surface area contributed by atoms with Gasteiger partial charge in [-0.3, -0.25) is 0 Å². The van der Waals surface area contributed by atoms with Crippen LogP contribution in [0, 0.1) is 35.2 Å². The fraction of sp³-hybridized carbons (Fsp3) is 0.643. The molecule has 4 unspecified atom stereocenters. The van der Waals surface area contributed by atoms with Crippen molar-refractivity contribution >= 4 is 10.8 Å². The van der Waals surface area contributed by atoms with E-state index in [4.69, 9.17) is 4.74 Å². The van der Waals surface area contributed by atoms with Gasteiger partial charge in [0.15, 0.2) is 11.6 Å². The molecule has 2 aromatic rings. The maximum Gasteiger partial charge on any atom is 0.201 e. The third kappa shape index (κ3) is 4.79. The first kappa shape index (κ1) is 23.4. The molecule has 0 heterocycles. The van der Waals surface area contributed by atoms with Gasteiger partial charge in [-0.25, -0.2) is 8.78 Å². The minimum Gasteiger partial charge on any atom is -0.494 e. The van der Waals surface area contributed by atoms with E-state index in [0.717, 1.165) is 31.1 Å². The van der Waals surface area contributed by atoms with Crippen molar-refractivity contribution in [3.63, 3.8) is 0 Å². The van der Waals surface area contributed by atoms with Crippen LogP contribution in [0.1, 0.15) is 95.5 Å². The van der Waals surface area contributed by atoms with Crippen molar-refractivity contribution in [3.8, 4) is 5.75 Å². The van der Waals surface area contributed by atoms with Gasteiger partial charge in [-0.2, -0.15) is 4.39 Å². The number of unbranched alkanes of at least 4 members (excludes halogenated alkanes) is 4. The molecule has 32 heavy (non-hydrogen) atoms. The minimum absolute atomic E-state index is 0.0933. The van der Waals surface area contributed by atoms with Gasteiger partial charge < -0.3 is 4.74 Å². The lowest BCUT2D eigenvalue weighted by molar-refractivity contribution is 0.112. The normalized spacial score (nSPS) is 25.7. The molecule has 2 saturated carbocycles. The molecule has 4 heteroatoms. The van der Waals surface area contributed by atoms with Crippen molar-refractivity contribution in [3.05, 3.63) is 41.2 Å². The lowest BCUT2D eigenvalue weighted by Crippen LogP contribution is -2.30. The Morgan fingerprint density at radius 3 is 2.38 bits per heavy atom. The predicted octanol–water partition coefficient (Wildman–Crippen LogP) is 8.93. The monoisotopic (exact) mass is 446 g/mol. The smallest absolute Gasteiger partial charge is 0.201 e. The molecular formula is C28H37F3O. The van der Waals surface area contributed by atoms with Gasteiger partial charge in [0.1, 0.15) is 5.82 Å². The summed E-state index contributed by atoms with van der Waals surface area (Å²) in [5, 5.41) is 0.102. The number of fused-ring (bicyclic) bond motifs is 2. The Morgan fingerprint density at radius 1 is 0.844 bits per heavy atom. The van der Waals surface area contributed by atoms with Gasteiger partial charge in [-0.1, -0.05) is 64.0 Å². The molecule has 0 bridgehead atoms. The molecule has 2 aliphatic rings. The van der Waals surface area contributed by atoms with Crippen LogP contribution in [0.3, 0.4) is 0 Å².